The van der Waals surface area contributed by atoms with E-state index in [1.807, 2.05) is 42.5 Å². The van der Waals surface area contributed by atoms with Gasteiger partial charge >= 0.3 is 17.9 Å². The molecule has 23 heteroatoms. The molecule has 18 nitrogen and oxygen atoms in total. The number of sulfonamides is 3. The maximum absolute atomic E-state index is 12.9. The summed E-state index contributed by atoms with van der Waals surface area (Å²) in [7, 11) is -14.9. The molecule has 9 rings (SSSR count). The highest BCUT2D eigenvalue weighted by Gasteiger charge is 2.25. The molecule has 476 valence electrons. The molecule has 6 N–H and O–H groups in total. The maximum Gasteiger partial charge on any atom is 0.335 e. The third-order valence-electron chi connectivity index (χ3n) is 13.9. The highest BCUT2D eigenvalue weighted by molar-refractivity contribution is 7.96. The van der Waals surface area contributed by atoms with Crippen LogP contribution in [0.4, 0.5) is 17.1 Å². The summed E-state index contributed by atoms with van der Waals surface area (Å²) in [6.45, 7) is 5.95. The van der Waals surface area contributed by atoms with Crippen molar-refractivity contribution in [2.75, 3.05) is 20.8 Å². The molecule has 0 bridgehead atoms. The second-order valence-electron chi connectivity index (χ2n) is 21.1. The van der Waals surface area contributed by atoms with Gasteiger partial charge in [0.05, 0.1) is 38.3 Å². The smallest absolute Gasteiger partial charge is 0.335 e. The van der Waals surface area contributed by atoms with Crippen LogP contribution in [0.5, 0.6) is 5.75 Å². The van der Waals surface area contributed by atoms with E-state index >= 15 is 0 Å². The number of sulfone groups is 1. The Labute approximate surface area is 535 Å². The average molecular weight is 1330 g/mol. The van der Waals surface area contributed by atoms with E-state index in [0.29, 0.717) is 60.0 Å². The first-order valence-corrected chi connectivity index (χ1v) is 35.5. The number of nitrogens with one attached hydrogen (secondary N) is 3. The second kappa shape index (κ2) is 32.1. The van der Waals surface area contributed by atoms with Crippen LogP contribution in [0.2, 0.25) is 0 Å². The third kappa shape index (κ3) is 21.0. The predicted molar refractivity (Wildman–Crippen MR) is 354 cm³/mol. The minimum atomic E-state index is -3.98. The molecular weight excluding hydrogens is 1260 g/mol. The highest BCUT2D eigenvalue weighted by Crippen LogP contribution is 2.32. The highest BCUT2D eigenvalue weighted by atomic mass is 32.3. The summed E-state index contributed by atoms with van der Waals surface area (Å²) in [6.07, 6.45) is 6.17. The number of benzene rings is 8. The number of hydrogen-bond donors (Lipinski definition) is 6. The van der Waals surface area contributed by atoms with Crippen LogP contribution >= 0.6 is 11.3 Å². The first-order valence-electron chi connectivity index (χ1n) is 28.7. The molecular formula is C68H69N3O15S5. The van der Waals surface area contributed by atoms with Crippen molar-refractivity contribution in [2.45, 2.75) is 95.6 Å². The molecule has 0 amide bonds. The van der Waals surface area contributed by atoms with Gasteiger partial charge in [-0.15, -0.1) is 11.3 Å². The van der Waals surface area contributed by atoms with Crippen molar-refractivity contribution in [1.82, 2.24) is 0 Å². The third-order valence-corrected chi connectivity index (χ3v) is 22.3. The van der Waals surface area contributed by atoms with Gasteiger partial charge in [0.25, 0.3) is 20.0 Å². The number of hydrogen-bond acceptors (Lipinski definition) is 13. The van der Waals surface area contributed by atoms with Crippen molar-refractivity contribution in [3.05, 3.63) is 262 Å². The number of aryl methyl sites for hydroxylation is 6. The van der Waals surface area contributed by atoms with Gasteiger partial charge in [-0.1, -0.05) is 104 Å². The van der Waals surface area contributed by atoms with Crippen molar-refractivity contribution in [2.24, 2.45) is 0 Å². The van der Waals surface area contributed by atoms with E-state index in [4.69, 9.17) is 20.1 Å². The lowest BCUT2D eigenvalue weighted by Gasteiger charge is -2.12. The molecule has 9 aromatic rings. The van der Waals surface area contributed by atoms with Crippen LogP contribution in [0.15, 0.2) is 231 Å². The number of anilines is 3. The molecule has 0 aliphatic carbocycles. The van der Waals surface area contributed by atoms with E-state index in [1.165, 1.54) is 36.4 Å². The fourth-order valence-corrected chi connectivity index (χ4v) is 14.7. The first-order chi connectivity index (χ1) is 43.3. The number of unbranched alkanes of at least 4 members (excludes halogenated alkanes) is 1. The molecule has 8 aromatic carbocycles. The molecule has 0 aliphatic rings. The summed E-state index contributed by atoms with van der Waals surface area (Å²) < 4.78 is 114. The zero-order valence-corrected chi connectivity index (χ0v) is 54.0. The van der Waals surface area contributed by atoms with Gasteiger partial charge in [0.15, 0.2) is 0 Å². The van der Waals surface area contributed by atoms with Crippen LogP contribution in [0.1, 0.15) is 98.1 Å². The second-order valence-corrected chi connectivity index (χ2v) is 30.2. The average Bonchev–Trinajstić information content (AvgIpc) is 1.82. The van der Waals surface area contributed by atoms with Gasteiger partial charge in [0.1, 0.15) is 14.2 Å². The summed E-state index contributed by atoms with van der Waals surface area (Å²) in [4.78, 5) is 33.0. The van der Waals surface area contributed by atoms with Crippen LogP contribution in [0.25, 0.3) is 0 Å². The number of carbonyl (C=O) groups is 3. The zero-order chi connectivity index (χ0) is 65.8. The molecule has 0 saturated heterocycles. The van der Waals surface area contributed by atoms with Gasteiger partial charge in [0, 0.05) is 17.1 Å². The Morgan fingerprint density at radius 3 is 1.20 bits per heavy atom. The SMILES string of the molecule is CC(C)S(=O)(=O)Nc1cccc(CCc2ccc(C(=O)O)cc2)c1.CCCCOc1ccc(S(=O)(=O)Nc2cccc(CCc3ccc(C(=O)O)cc3)c2)cc1.O=C(O)c1ccc(CCc2cccc(NS(=O)(=O)c3ccc(S(=O)(=O)c4ccccc4)s3)c2)cc1. The van der Waals surface area contributed by atoms with Crippen LogP contribution in [-0.4, -0.2) is 78.8 Å². The van der Waals surface area contributed by atoms with E-state index in [0.717, 1.165) is 65.5 Å². The Balaban J connectivity index is 0.000000197. The molecule has 0 unspecified atom stereocenters. The maximum atomic E-state index is 12.9. The van der Waals surface area contributed by atoms with Crippen LogP contribution < -0.4 is 18.9 Å². The van der Waals surface area contributed by atoms with Crippen molar-refractivity contribution < 1.29 is 68.1 Å². The minimum Gasteiger partial charge on any atom is -0.494 e. The van der Waals surface area contributed by atoms with E-state index in [2.05, 4.69) is 21.1 Å². The lowest BCUT2D eigenvalue weighted by Crippen LogP contribution is -2.22. The Kier molecular flexibility index (Phi) is 24.4. The van der Waals surface area contributed by atoms with Crippen LogP contribution in [-0.2, 0) is 78.4 Å². The summed E-state index contributed by atoms with van der Waals surface area (Å²) in [5.41, 5.74) is 8.06. The van der Waals surface area contributed by atoms with E-state index in [1.54, 1.807) is 147 Å². The van der Waals surface area contributed by atoms with E-state index in [-0.39, 0.29) is 34.9 Å². The summed E-state index contributed by atoms with van der Waals surface area (Å²) in [6, 6.07) is 58.5. The molecule has 91 heavy (non-hydrogen) atoms. The normalized spacial score (nSPS) is 11.5. The summed E-state index contributed by atoms with van der Waals surface area (Å²) in [5, 5.41) is 26.4. The van der Waals surface area contributed by atoms with E-state index in [9.17, 15) is 48.1 Å². The molecule has 0 radical (unpaired) electrons. The van der Waals surface area contributed by atoms with Gasteiger partial charge in [-0.2, -0.15) is 0 Å². The fraction of sp³-hybridized carbons (Fsp3) is 0.191. The van der Waals surface area contributed by atoms with Gasteiger partial charge in [-0.25, -0.2) is 48.1 Å². The van der Waals surface area contributed by atoms with Crippen LogP contribution in [0.3, 0.4) is 0 Å². The summed E-state index contributed by atoms with van der Waals surface area (Å²) >= 11 is 0.696. The van der Waals surface area contributed by atoms with Gasteiger partial charge < -0.3 is 20.1 Å². The van der Waals surface area contributed by atoms with Crippen LogP contribution in [0, 0.1) is 0 Å². The Morgan fingerprint density at radius 2 is 0.802 bits per heavy atom. The Bertz CT molecular complexity index is 4390. The monoisotopic (exact) mass is 1330 g/mol. The molecule has 1 aromatic heterocycles. The molecule has 1 heterocycles. The lowest BCUT2D eigenvalue weighted by atomic mass is 10.0. The number of thiophene rings is 1. The topological polar surface area (TPSA) is 294 Å². The van der Waals surface area contributed by atoms with Gasteiger partial charge in [-0.05, 0) is 214 Å². The Hall–Kier alpha value is -9.13. The lowest BCUT2D eigenvalue weighted by molar-refractivity contribution is 0.0686. The van der Waals surface area contributed by atoms with Crippen molar-refractivity contribution in [3.63, 3.8) is 0 Å². The minimum absolute atomic E-state index is 0.0493. The number of rotatable bonds is 27. The van der Waals surface area contributed by atoms with Crippen molar-refractivity contribution >= 4 is 86.2 Å². The molecule has 0 spiro atoms. The molecule has 0 atom stereocenters. The number of ether oxygens (including phenoxy) is 1. The summed E-state index contributed by atoms with van der Waals surface area (Å²) in [5.74, 6) is -2.22. The number of aromatic carboxylic acids is 3. The largest absolute Gasteiger partial charge is 0.494 e. The van der Waals surface area contributed by atoms with Crippen molar-refractivity contribution in [1.29, 1.82) is 0 Å². The number of carboxylic acids is 3. The van der Waals surface area contributed by atoms with Gasteiger partial charge in [-0.3, -0.25) is 14.2 Å². The molecule has 0 saturated carbocycles. The molecule has 0 fully saturated rings. The van der Waals surface area contributed by atoms with Gasteiger partial charge in [0.2, 0.25) is 19.9 Å². The first kappa shape index (κ1) is 69.3. The fourth-order valence-electron chi connectivity index (χ4n) is 8.74. The molecule has 0 aliphatic heterocycles. The predicted octanol–water partition coefficient (Wildman–Crippen LogP) is 13.3. The Morgan fingerprint density at radius 1 is 0.418 bits per heavy atom. The number of carboxylic acid groups (broad SMARTS) is 3. The standard InChI is InChI=1S/C25H21NO6S3.C25H27NO5S.C18H21NO4S/c27-25(28)20-13-11-18(12-14-20)9-10-19-5-4-6-21(17-19)26-35(31,32)24-16-15-23(33-24)34(29,30)22-7-2-1-3-8-22;1-2-3-17-31-23-13-15-24(16-14-23)32(29,30)26-22-6-4-5-20(18-22)8-7-19-9-11-21(12-10-19)25(27)28;1-13(2)24(22,23)19-17-5-3-4-15(12-17)7-6-14-8-10-16(11-9-14)18(20)21/h1-8,11-17,26H,9-10H2,(H,27,28);4-6,9-16,18,26H,2-3,7-8,17H2,1H3,(H,27,28);3-5,8-13,19H,6-7H2,1-2H3,(H,20,21). The zero-order valence-electron chi connectivity index (χ0n) is 49.9. The quantitative estimate of drug-likeness (QED) is 0.0261. The van der Waals surface area contributed by atoms with E-state index < -0.39 is 63.1 Å². The van der Waals surface area contributed by atoms with Crippen molar-refractivity contribution in [3.8, 4) is 5.75 Å².